The van der Waals surface area contributed by atoms with Gasteiger partial charge in [-0.05, 0) is 30.1 Å². The van der Waals surface area contributed by atoms with Crippen molar-refractivity contribution in [1.29, 1.82) is 0 Å². The fourth-order valence-electron chi connectivity index (χ4n) is 3.47. The Balaban J connectivity index is 1.93. The predicted octanol–water partition coefficient (Wildman–Crippen LogP) is 2.37. The number of likely N-dealkylation sites (tertiary alicyclic amines) is 1. The quantitative estimate of drug-likeness (QED) is 0.828. The maximum absolute atomic E-state index is 5.59. The first-order chi connectivity index (χ1) is 9.01. The van der Waals surface area contributed by atoms with Crippen LogP contribution >= 0.6 is 0 Å². The van der Waals surface area contributed by atoms with Crippen LogP contribution in [0.5, 0.6) is 0 Å². The summed E-state index contributed by atoms with van der Waals surface area (Å²) in [5.41, 5.74) is 0.437. The van der Waals surface area contributed by atoms with Gasteiger partial charge in [0.15, 0.2) is 0 Å². The maximum Gasteiger partial charge on any atom is 0.0472 e. The predicted molar refractivity (Wildman–Crippen MR) is 80.4 cm³/mol. The number of hydrogen-bond donors (Lipinski definition) is 1. The van der Waals surface area contributed by atoms with Crippen LogP contribution in [0.2, 0.25) is 0 Å². The average Bonchev–Trinajstić information content (AvgIpc) is 2.67. The van der Waals surface area contributed by atoms with Gasteiger partial charge in [-0.25, -0.2) is 0 Å². The molecule has 2 saturated heterocycles. The summed E-state index contributed by atoms with van der Waals surface area (Å²) in [6, 6.07) is 0.580. The summed E-state index contributed by atoms with van der Waals surface area (Å²) >= 11 is 0. The van der Waals surface area contributed by atoms with E-state index >= 15 is 0 Å². The Morgan fingerprint density at radius 1 is 1.16 bits per heavy atom. The van der Waals surface area contributed by atoms with Crippen LogP contribution < -0.4 is 5.32 Å². The van der Waals surface area contributed by atoms with Crippen LogP contribution in [0.4, 0.5) is 0 Å². The molecule has 0 saturated carbocycles. The molecule has 1 N–H and O–H groups in total. The Kier molecular flexibility index (Phi) is 5.27. The molecule has 0 radical (unpaired) electrons. The zero-order chi connectivity index (χ0) is 13.9. The molecule has 0 aliphatic carbocycles. The highest BCUT2D eigenvalue weighted by molar-refractivity contribution is 4.90. The van der Waals surface area contributed by atoms with Gasteiger partial charge < -0.3 is 15.0 Å². The molecule has 2 aliphatic heterocycles. The van der Waals surface area contributed by atoms with Crippen LogP contribution in [-0.2, 0) is 4.74 Å². The molecule has 2 aliphatic rings. The van der Waals surface area contributed by atoms with Gasteiger partial charge in [-0.15, -0.1) is 0 Å². The highest BCUT2D eigenvalue weighted by Crippen LogP contribution is 2.34. The third kappa shape index (κ3) is 4.17. The van der Waals surface area contributed by atoms with Crippen molar-refractivity contribution in [2.24, 2.45) is 17.3 Å². The summed E-state index contributed by atoms with van der Waals surface area (Å²) in [7, 11) is 0. The second-order valence-corrected chi connectivity index (χ2v) is 7.30. The summed E-state index contributed by atoms with van der Waals surface area (Å²) in [5.74, 6) is 1.71. The number of ether oxygens (including phenoxy) is 1. The lowest BCUT2D eigenvalue weighted by atomic mass is 9.79. The van der Waals surface area contributed by atoms with Crippen molar-refractivity contribution in [1.82, 2.24) is 10.2 Å². The molecule has 0 aromatic rings. The summed E-state index contributed by atoms with van der Waals surface area (Å²) in [6.07, 6.45) is 2.43. The molecule has 2 heterocycles. The number of hydrogen-bond acceptors (Lipinski definition) is 3. The van der Waals surface area contributed by atoms with Crippen molar-refractivity contribution in [3.63, 3.8) is 0 Å². The Hall–Kier alpha value is -0.120. The molecule has 0 amide bonds. The van der Waals surface area contributed by atoms with Crippen LogP contribution in [0.1, 0.15) is 40.5 Å². The van der Waals surface area contributed by atoms with Crippen LogP contribution in [0, 0.1) is 17.3 Å². The first-order valence-corrected chi connectivity index (χ1v) is 8.04. The van der Waals surface area contributed by atoms with E-state index in [9.17, 15) is 0 Å². The van der Waals surface area contributed by atoms with E-state index in [-0.39, 0.29) is 0 Å². The van der Waals surface area contributed by atoms with Gasteiger partial charge in [-0.2, -0.15) is 0 Å². The van der Waals surface area contributed by atoms with Crippen LogP contribution in [0.3, 0.4) is 0 Å². The number of nitrogens with one attached hydrogen (secondary N) is 1. The highest BCUT2D eigenvalue weighted by Gasteiger charge is 2.37. The Labute approximate surface area is 119 Å². The lowest BCUT2D eigenvalue weighted by molar-refractivity contribution is -0.00248. The molecule has 112 valence electrons. The fraction of sp³-hybridized carbons (Fsp3) is 1.00. The standard InChI is InChI=1S/C16H32N2O/c1-13(2)17-11-16(5-7-19-8-6-16)12-18-9-14(3)15(4)10-18/h13-15,17H,5-12H2,1-4H3. The van der Waals surface area contributed by atoms with Gasteiger partial charge in [0.25, 0.3) is 0 Å². The van der Waals surface area contributed by atoms with Gasteiger partial charge in [0.1, 0.15) is 0 Å². The topological polar surface area (TPSA) is 24.5 Å². The van der Waals surface area contributed by atoms with Gasteiger partial charge in [0.05, 0.1) is 0 Å². The molecular formula is C16H32N2O. The van der Waals surface area contributed by atoms with E-state index in [1.54, 1.807) is 0 Å². The first-order valence-electron chi connectivity index (χ1n) is 8.04. The molecule has 2 fully saturated rings. The molecule has 0 aromatic carbocycles. The third-order valence-corrected chi connectivity index (χ3v) is 5.06. The molecule has 3 heteroatoms. The average molecular weight is 268 g/mol. The van der Waals surface area contributed by atoms with Gasteiger partial charge in [0, 0.05) is 45.4 Å². The van der Waals surface area contributed by atoms with Crippen molar-refractivity contribution in [2.75, 3.05) is 39.4 Å². The molecule has 2 unspecified atom stereocenters. The van der Waals surface area contributed by atoms with Gasteiger partial charge in [-0.3, -0.25) is 0 Å². The minimum atomic E-state index is 0.437. The van der Waals surface area contributed by atoms with E-state index in [1.165, 1.54) is 32.5 Å². The second kappa shape index (κ2) is 6.55. The molecular weight excluding hydrogens is 236 g/mol. The van der Waals surface area contributed by atoms with Crippen molar-refractivity contribution in [3.8, 4) is 0 Å². The summed E-state index contributed by atoms with van der Waals surface area (Å²) in [5, 5.41) is 3.67. The molecule has 2 rings (SSSR count). The third-order valence-electron chi connectivity index (χ3n) is 5.06. The molecule has 3 nitrogen and oxygen atoms in total. The molecule has 19 heavy (non-hydrogen) atoms. The normalized spacial score (nSPS) is 32.1. The minimum Gasteiger partial charge on any atom is -0.381 e. The van der Waals surface area contributed by atoms with Gasteiger partial charge in [0.2, 0.25) is 0 Å². The van der Waals surface area contributed by atoms with Crippen LogP contribution in [0.15, 0.2) is 0 Å². The Morgan fingerprint density at radius 2 is 1.74 bits per heavy atom. The van der Waals surface area contributed by atoms with Crippen molar-refractivity contribution >= 4 is 0 Å². The molecule has 0 aromatic heterocycles. The lowest BCUT2D eigenvalue weighted by Gasteiger charge is -2.41. The SMILES string of the molecule is CC(C)NCC1(CN2CC(C)C(C)C2)CCOCC1. The Bertz CT molecular complexity index is 264. The van der Waals surface area contributed by atoms with E-state index in [0.717, 1.165) is 31.6 Å². The summed E-state index contributed by atoms with van der Waals surface area (Å²) in [4.78, 5) is 2.70. The number of nitrogens with zero attached hydrogens (tertiary/aromatic N) is 1. The first kappa shape index (κ1) is 15.3. The smallest absolute Gasteiger partial charge is 0.0472 e. The van der Waals surface area contributed by atoms with Crippen molar-refractivity contribution < 1.29 is 4.74 Å². The van der Waals surface area contributed by atoms with Crippen LogP contribution in [0.25, 0.3) is 0 Å². The summed E-state index contributed by atoms with van der Waals surface area (Å²) in [6.45, 7) is 16.1. The minimum absolute atomic E-state index is 0.437. The summed E-state index contributed by atoms with van der Waals surface area (Å²) < 4.78 is 5.59. The van der Waals surface area contributed by atoms with E-state index in [4.69, 9.17) is 4.74 Å². The molecule has 0 spiro atoms. The monoisotopic (exact) mass is 268 g/mol. The van der Waals surface area contributed by atoms with E-state index in [2.05, 4.69) is 37.9 Å². The Morgan fingerprint density at radius 3 is 2.26 bits per heavy atom. The second-order valence-electron chi connectivity index (χ2n) is 7.30. The van der Waals surface area contributed by atoms with Gasteiger partial charge >= 0.3 is 0 Å². The number of rotatable bonds is 5. The van der Waals surface area contributed by atoms with E-state index in [1.807, 2.05) is 0 Å². The fourth-order valence-corrected chi connectivity index (χ4v) is 3.47. The zero-order valence-electron chi connectivity index (χ0n) is 13.2. The van der Waals surface area contributed by atoms with Crippen LogP contribution in [-0.4, -0.2) is 50.3 Å². The maximum atomic E-state index is 5.59. The van der Waals surface area contributed by atoms with E-state index in [0.29, 0.717) is 11.5 Å². The largest absolute Gasteiger partial charge is 0.381 e. The van der Waals surface area contributed by atoms with E-state index < -0.39 is 0 Å². The molecule has 2 atom stereocenters. The highest BCUT2D eigenvalue weighted by atomic mass is 16.5. The van der Waals surface area contributed by atoms with Crippen molar-refractivity contribution in [2.45, 2.75) is 46.6 Å². The molecule has 0 bridgehead atoms. The van der Waals surface area contributed by atoms with Gasteiger partial charge in [-0.1, -0.05) is 27.7 Å². The van der Waals surface area contributed by atoms with Crippen molar-refractivity contribution in [3.05, 3.63) is 0 Å². The lowest BCUT2D eigenvalue weighted by Crippen LogP contribution is -2.48. The zero-order valence-corrected chi connectivity index (χ0v) is 13.2.